The Kier molecular flexibility index (Phi) is 18.6. The zero-order valence-corrected chi connectivity index (χ0v) is 46.9. The minimum Gasteiger partial charge on any atom is -0.493 e. The molecule has 76 heavy (non-hydrogen) atoms. The van der Waals surface area contributed by atoms with Gasteiger partial charge in [0.15, 0.2) is 0 Å². The minimum atomic E-state index is 0.0410. The van der Waals surface area contributed by atoms with E-state index in [2.05, 4.69) is 154 Å². The molecule has 6 aliphatic carbocycles. The Morgan fingerprint density at radius 3 is 0.947 bits per heavy atom. The molecule has 0 saturated carbocycles. The third kappa shape index (κ3) is 11.4. The number of rotatable bonds is 28. The van der Waals surface area contributed by atoms with Crippen LogP contribution >= 0.6 is 0 Å². The molecule has 0 aromatic heterocycles. The minimum absolute atomic E-state index is 0.0410. The summed E-state index contributed by atoms with van der Waals surface area (Å²) in [4.78, 5) is 0. The Hall–Kier alpha value is -5.96. The predicted molar refractivity (Wildman–Crippen MR) is 319 cm³/mol. The lowest BCUT2D eigenvalue weighted by atomic mass is 9.53. The molecule has 0 radical (unpaired) electrons. The smallest absolute Gasteiger partial charge is 0.135 e. The molecular formula is C74H86O2. The van der Waals surface area contributed by atoms with Gasteiger partial charge in [-0.3, -0.25) is 0 Å². The molecule has 2 heteroatoms. The monoisotopic (exact) mass is 1010 g/mol. The first-order valence-electron chi connectivity index (χ1n) is 30.6. The zero-order chi connectivity index (χ0) is 52.1. The van der Waals surface area contributed by atoms with Crippen LogP contribution in [0.25, 0.3) is 0 Å². The summed E-state index contributed by atoms with van der Waals surface area (Å²) in [5.74, 6) is 17.4. The van der Waals surface area contributed by atoms with E-state index in [1.54, 1.807) is 0 Å². The van der Waals surface area contributed by atoms with Crippen LogP contribution in [-0.2, 0) is 0 Å². The van der Waals surface area contributed by atoms with Gasteiger partial charge in [0.05, 0.1) is 18.8 Å². The summed E-state index contributed by atoms with van der Waals surface area (Å²) in [5.41, 5.74) is 21.0. The molecule has 6 aliphatic rings. The summed E-state index contributed by atoms with van der Waals surface area (Å²) in [6.07, 6.45) is 31.8. The largest absolute Gasteiger partial charge is 0.493 e. The second kappa shape index (κ2) is 26.4. The van der Waals surface area contributed by atoms with Crippen LogP contribution < -0.4 is 9.47 Å². The molecule has 0 saturated heterocycles. The average Bonchev–Trinajstić information content (AvgIpc) is 2.90. The Labute approximate surface area is 459 Å². The van der Waals surface area contributed by atoms with Gasteiger partial charge < -0.3 is 9.47 Å². The Bertz CT molecular complexity index is 2830. The summed E-state index contributed by atoms with van der Waals surface area (Å²) >= 11 is 0. The molecule has 0 atom stereocenters. The molecular weight excluding hydrogens is 921 g/mol. The van der Waals surface area contributed by atoms with Gasteiger partial charge in [-0.2, -0.15) is 0 Å². The van der Waals surface area contributed by atoms with Crippen LogP contribution in [0.2, 0.25) is 0 Å². The van der Waals surface area contributed by atoms with Crippen molar-refractivity contribution in [2.24, 2.45) is 0 Å². The Morgan fingerprint density at radius 1 is 0.342 bits per heavy atom. The molecule has 394 valence electrons. The molecule has 2 nitrogen and oxygen atoms in total. The number of hydrogen-bond acceptors (Lipinski definition) is 2. The van der Waals surface area contributed by atoms with Crippen LogP contribution in [0.1, 0.15) is 288 Å². The maximum Gasteiger partial charge on any atom is 0.135 e. The van der Waals surface area contributed by atoms with Crippen LogP contribution in [0.3, 0.4) is 0 Å². The SMILES string of the molecule is CC#Cc1c2c(c(C#Cc3cc(OCCCCCCCCCCCCCC)c(C)cc3OCCCCCCCCCCCCCC)c3c1C1c4ccccc4C3c3ccccc31)C1c3ccccc3C2c2ccccc21. The molecule has 0 N–H and O–H groups in total. The number of aryl methyl sites for hydroxylation is 1. The second-order valence-corrected chi connectivity index (χ2v) is 22.9. The lowest BCUT2D eigenvalue weighted by molar-refractivity contribution is 0.294. The van der Waals surface area contributed by atoms with Crippen molar-refractivity contribution in [2.75, 3.05) is 13.2 Å². The summed E-state index contributed by atoms with van der Waals surface area (Å²) in [5, 5.41) is 0. The van der Waals surface area contributed by atoms with Crippen LogP contribution in [0.4, 0.5) is 0 Å². The predicted octanol–water partition coefficient (Wildman–Crippen LogP) is 19.9. The summed E-state index contributed by atoms with van der Waals surface area (Å²) in [6.45, 7) is 10.2. The maximum atomic E-state index is 6.86. The highest BCUT2D eigenvalue weighted by Crippen LogP contribution is 2.64. The lowest BCUT2D eigenvalue weighted by Crippen LogP contribution is -2.35. The summed E-state index contributed by atoms with van der Waals surface area (Å²) < 4.78 is 13.6. The highest BCUT2D eigenvalue weighted by molar-refractivity contribution is 5.82. The van der Waals surface area contributed by atoms with E-state index in [4.69, 9.17) is 9.47 Å². The fourth-order valence-corrected chi connectivity index (χ4v) is 13.9. The van der Waals surface area contributed by atoms with E-state index in [0.29, 0.717) is 6.61 Å². The summed E-state index contributed by atoms with van der Waals surface area (Å²) in [7, 11) is 0. The number of benzene rings is 6. The van der Waals surface area contributed by atoms with E-state index < -0.39 is 0 Å². The van der Waals surface area contributed by atoms with Crippen molar-refractivity contribution < 1.29 is 9.47 Å². The van der Waals surface area contributed by atoms with E-state index in [9.17, 15) is 0 Å². The van der Waals surface area contributed by atoms with Gasteiger partial charge in [0.25, 0.3) is 0 Å². The van der Waals surface area contributed by atoms with Crippen molar-refractivity contribution in [3.63, 3.8) is 0 Å². The molecule has 6 aromatic carbocycles. The van der Waals surface area contributed by atoms with Crippen molar-refractivity contribution in [2.45, 2.75) is 205 Å². The molecule has 6 aromatic rings. The zero-order valence-electron chi connectivity index (χ0n) is 46.9. The first kappa shape index (κ1) is 53.4. The molecule has 0 fully saturated rings. The highest BCUT2D eigenvalue weighted by Gasteiger charge is 2.50. The first-order chi connectivity index (χ1) is 37.6. The van der Waals surface area contributed by atoms with Crippen molar-refractivity contribution >= 4 is 0 Å². The van der Waals surface area contributed by atoms with E-state index in [1.165, 1.54) is 219 Å². The van der Waals surface area contributed by atoms with Crippen molar-refractivity contribution in [3.05, 3.63) is 198 Å². The van der Waals surface area contributed by atoms with Gasteiger partial charge in [0.1, 0.15) is 11.5 Å². The van der Waals surface area contributed by atoms with Gasteiger partial charge in [-0.05, 0) is 111 Å². The lowest BCUT2D eigenvalue weighted by Gasteiger charge is -2.48. The van der Waals surface area contributed by atoms with Gasteiger partial charge >= 0.3 is 0 Å². The fraction of sp³-hybridized carbons (Fsp3) is 0.459. The Balaban J connectivity index is 0.985. The third-order valence-corrected chi connectivity index (χ3v) is 17.6. The van der Waals surface area contributed by atoms with E-state index in [0.717, 1.165) is 42.1 Å². The molecule has 12 rings (SSSR count). The maximum absolute atomic E-state index is 6.86. The normalized spacial score (nSPS) is 16.5. The molecule has 0 heterocycles. The third-order valence-electron chi connectivity index (χ3n) is 17.6. The first-order valence-corrected chi connectivity index (χ1v) is 30.6. The number of unbranched alkanes of at least 4 members (excludes halogenated alkanes) is 22. The summed E-state index contributed by atoms with van der Waals surface area (Å²) in [6, 6.07) is 41.3. The van der Waals surface area contributed by atoms with Gasteiger partial charge in [-0.15, -0.1) is 5.92 Å². The van der Waals surface area contributed by atoms with Gasteiger partial charge in [0, 0.05) is 34.8 Å². The Morgan fingerprint density at radius 2 is 0.632 bits per heavy atom. The molecule has 0 aliphatic heterocycles. The molecule has 0 unspecified atom stereocenters. The van der Waals surface area contributed by atoms with Crippen molar-refractivity contribution in [3.8, 4) is 35.2 Å². The fourth-order valence-electron chi connectivity index (χ4n) is 13.9. The van der Waals surface area contributed by atoms with Gasteiger partial charge in [0.2, 0.25) is 0 Å². The van der Waals surface area contributed by atoms with Crippen LogP contribution in [-0.4, -0.2) is 13.2 Å². The van der Waals surface area contributed by atoms with Crippen LogP contribution in [0.5, 0.6) is 11.5 Å². The van der Waals surface area contributed by atoms with Crippen LogP contribution in [0.15, 0.2) is 109 Å². The topological polar surface area (TPSA) is 18.5 Å². The van der Waals surface area contributed by atoms with Gasteiger partial charge in [-0.1, -0.05) is 270 Å². The molecule has 0 amide bonds. The van der Waals surface area contributed by atoms with Crippen LogP contribution in [0, 0.1) is 30.6 Å². The van der Waals surface area contributed by atoms with E-state index in [1.807, 2.05) is 6.92 Å². The average molecular weight is 1010 g/mol. The standard InChI is InChI=1S/C74H86O2/c1-5-8-10-12-14-16-18-20-22-24-26-36-49-75-65-52-54(66(51-53(65)4)76-50-37-27-25-23-21-19-17-15-13-11-9-6-2)47-48-64-73-69-59-43-32-28-39-55(59)67(56-40-29-33-44-60(56)69)71(73)63(38-7-3)72-68-57-41-30-34-45-61(57)70(74(64)72)62-46-35-31-42-58(62)68/h28-35,39-46,51-52,67-70H,5-6,8-27,36-37,49-50H2,1-4H3. The van der Waals surface area contributed by atoms with Crippen molar-refractivity contribution in [1.82, 2.24) is 0 Å². The molecule has 0 spiro atoms. The quantitative estimate of drug-likeness (QED) is 0.0360. The highest BCUT2D eigenvalue weighted by atomic mass is 16.5. The molecule has 4 bridgehead atoms. The number of hydrogen-bond donors (Lipinski definition) is 0. The number of ether oxygens (including phenoxy) is 2. The van der Waals surface area contributed by atoms with Gasteiger partial charge in [-0.25, -0.2) is 0 Å². The van der Waals surface area contributed by atoms with E-state index >= 15 is 0 Å². The van der Waals surface area contributed by atoms with Crippen molar-refractivity contribution in [1.29, 1.82) is 0 Å². The van der Waals surface area contributed by atoms with E-state index in [-0.39, 0.29) is 23.7 Å². The second-order valence-electron chi connectivity index (χ2n) is 22.9.